The fraction of sp³-hybridized carbons (Fsp3) is 0.462. The van der Waals surface area contributed by atoms with Crippen LogP contribution in [0.15, 0.2) is 29.0 Å². The van der Waals surface area contributed by atoms with Crippen molar-refractivity contribution in [2.24, 2.45) is 5.92 Å². The smallest absolute Gasteiger partial charge is 0.139 e. The summed E-state index contributed by atoms with van der Waals surface area (Å²) in [6.07, 6.45) is 3.50. The first kappa shape index (κ1) is 11.9. The maximum atomic E-state index is 5.38. The summed E-state index contributed by atoms with van der Waals surface area (Å²) in [4.78, 5) is 6.62. The van der Waals surface area contributed by atoms with Gasteiger partial charge in [0.15, 0.2) is 0 Å². The molecule has 92 valence electrons. The first-order valence-corrected chi connectivity index (χ1v) is 5.90. The third kappa shape index (κ3) is 2.58. The van der Waals surface area contributed by atoms with Crippen molar-refractivity contribution in [1.82, 2.24) is 10.3 Å². The van der Waals surface area contributed by atoms with Crippen LogP contribution in [0, 0.1) is 5.92 Å². The van der Waals surface area contributed by atoms with Crippen molar-refractivity contribution >= 4 is 16.8 Å². The van der Waals surface area contributed by atoms with Crippen LogP contribution in [0.2, 0.25) is 0 Å². The number of aromatic nitrogens is 1. The largest absolute Gasteiger partial charge is 0.464 e. The van der Waals surface area contributed by atoms with E-state index >= 15 is 0 Å². The Bertz CT molecular complexity index is 480. The fourth-order valence-corrected chi connectivity index (χ4v) is 2.15. The van der Waals surface area contributed by atoms with E-state index in [1.165, 1.54) is 0 Å². The van der Waals surface area contributed by atoms with Crippen LogP contribution in [-0.2, 0) is 0 Å². The van der Waals surface area contributed by atoms with Gasteiger partial charge in [0.1, 0.15) is 11.4 Å². The van der Waals surface area contributed by atoms with Crippen molar-refractivity contribution in [3.63, 3.8) is 0 Å². The quantitative estimate of drug-likeness (QED) is 0.859. The fourth-order valence-electron chi connectivity index (χ4n) is 2.15. The average Bonchev–Trinajstić information content (AvgIpc) is 2.76. The van der Waals surface area contributed by atoms with Gasteiger partial charge < -0.3 is 14.6 Å². The molecule has 4 nitrogen and oxygen atoms in total. The second-order valence-electron chi connectivity index (χ2n) is 4.51. The molecule has 0 saturated heterocycles. The molecule has 0 amide bonds. The van der Waals surface area contributed by atoms with Gasteiger partial charge in [-0.3, -0.25) is 0 Å². The lowest BCUT2D eigenvalue weighted by Crippen LogP contribution is -2.30. The topological polar surface area (TPSA) is 41.3 Å². The molecule has 0 spiro atoms. The molecule has 2 rings (SSSR count). The number of nitrogens with one attached hydrogen (secondary N) is 1. The molecule has 0 fully saturated rings. The Labute approximate surface area is 102 Å². The average molecular weight is 233 g/mol. The maximum Gasteiger partial charge on any atom is 0.139 e. The molecule has 0 aliphatic rings. The van der Waals surface area contributed by atoms with Crippen LogP contribution in [0.4, 0.5) is 5.82 Å². The number of rotatable bonds is 5. The molecule has 0 aliphatic heterocycles. The summed E-state index contributed by atoms with van der Waals surface area (Å²) in [6.45, 7) is 4.20. The first-order valence-electron chi connectivity index (χ1n) is 5.90. The van der Waals surface area contributed by atoms with Crippen molar-refractivity contribution in [2.45, 2.75) is 6.92 Å². The highest BCUT2D eigenvalue weighted by Gasteiger charge is 2.11. The van der Waals surface area contributed by atoms with Crippen LogP contribution in [0.1, 0.15) is 6.92 Å². The molecule has 1 atom stereocenters. The third-order valence-electron chi connectivity index (χ3n) is 2.86. The molecule has 0 bridgehead atoms. The van der Waals surface area contributed by atoms with Gasteiger partial charge in [0, 0.05) is 19.8 Å². The lowest BCUT2D eigenvalue weighted by Gasteiger charge is -2.22. The van der Waals surface area contributed by atoms with Gasteiger partial charge in [-0.2, -0.15) is 0 Å². The molecule has 2 aromatic rings. The van der Waals surface area contributed by atoms with Crippen LogP contribution in [0.3, 0.4) is 0 Å². The van der Waals surface area contributed by atoms with Gasteiger partial charge >= 0.3 is 0 Å². The molecule has 2 aromatic heterocycles. The minimum absolute atomic E-state index is 0.578. The van der Waals surface area contributed by atoms with E-state index in [9.17, 15) is 0 Å². The zero-order valence-corrected chi connectivity index (χ0v) is 10.6. The molecule has 1 unspecified atom stereocenters. The summed E-state index contributed by atoms with van der Waals surface area (Å²) in [5.41, 5.74) is 0.892. The van der Waals surface area contributed by atoms with E-state index in [1.54, 1.807) is 12.5 Å². The number of anilines is 1. The summed E-state index contributed by atoms with van der Waals surface area (Å²) in [6, 6.07) is 3.86. The van der Waals surface area contributed by atoms with E-state index in [4.69, 9.17) is 4.42 Å². The van der Waals surface area contributed by atoms with Crippen molar-refractivity contribution < 1.29 is 4.42 Å². The predicted octanol–water partition coefficient (Wildman–Crippen LogP) is 2.12. The van der Waals surface area contributed by atoms with Crippen LogP contribution in [0.25, 0.3) is 11.0 Å². The summed E-state index contributed by atoms with van der Waals surface area (Å²) in [5, 5.41) is 4.27. The molecule has 0 saturated carbocycles. The van der Waals surface area contributed by atoms with Crippen molar-refractivity contribution in [3.05, 3.63) is 24.6 Å². The van der Waals surface area contributed by atoms with Gasteiger partial charge in [0.25, 0.3) is 0 Å². The third-order valence-corrected chi connectivity index (χ3v) is 2.86. The molecule has 17 heavy (non-hydrogen) atoms. The Morgan fingerprint density at radius 3 is 3.06 bits per heavy atom. The highest BCUT2D eigenvalue weighted by molar-refractivity contribution is 5.88. The minimum Gasteiger partial charge on any atom is -0.464 e. The highest BCUT2D eigenvalue weighted by atomic mass is 16.3. The second kappa shape index (κ2) is 5.19. The molecule has 0 aromatic carbocycles. The molecule has 1 N–H and O–H groups in total. The Morgan fingerprint density at radius 2 is 2.29 bits per heavy atom. The van der Waals surface area contributed by atoms with Crippen molar-refractivity contribution in [1.29, 1.82) is 0 Å². The van der Waals surface area contributed by atoms with E-state index in [-0.39, 0.29) is 0 Å². The minimum atomic E-state index is 0.578. The van der Waals surface area contributed by atoms with E-state index in [1.807, 2.05) is 19.2 Å². The Balaban J connectivity index is 2.18. The Kier molecular flexibility index (Phi) is 3.64. The number of nitrogens with zero attached hydrogens (tertiary/aromatic N) is 2. The summed E-state index contributed by atoms with van der Waals surface area (Å²) in [5.74, 6) is 1.56. The second-order valence-corrected chi connectivity index (χ2v) is 4.51. The number of hydrogen-bond donors (Lipinski definition) is 1. The number of pyridine rings is 1. The van der Waals surface area contributed by atoms with Crippen LogP contribution >= 0.6 is 0 Å². The Hall–Kier alpha value is -1.55. The lowest BCUT2D eigenvalue weighted by atomic mass is 10.1. The van der Waals surface area contributed by atoms with E-state index < -0.39 is 0 Å². The maximum absolute atomic E-state index is 5.38. The highest BCUT2D eigenvalue weighted by Crippen LogP contribution is 2.24. The number of hydrogen-bond acceptors (Lipinski definition) is 4. The Morgan fingerprint density at radius 1 is 1.47 bits per heavy atom. The van der Waals surface area contributed by atoms with E-state index in [0.717, 1.165) is 29.9 Å². The van der Waals surface area contributed by atoms with E-state index in [0.29, 0.717) is 5.92 Å². The van der Waals surface area contributed by atoms with Gasteiger partial charge in [-0.05, 0) is 31.6 Å². The van der Waals surface area contributed by atoms with Crippen LogP contribution < -0.4 is 10.2 Å². The first-order chi connectivity index (χ1) is 8.22. The molecular weight excluding hydrogens is 214 g/mol. The summed E-state index contributed by atoms with van der Waals surface area (Å²) >= 11 is 0. The van der Waals surface area contributed by atoms with E-state index in [2.05, 4.69) is 29.2 Å². The van der Waals surface area contributed by atoms with Crippen LogP contribution in [-0.4, -0.2) is 32.2 Å². The van der Waals surface area contributed by atoms with Crippen molar-refractivity contribution in [2.75, 3.05) is 32.1 Å². The summed E-state index contributed by atoms with van der Waals surface area (Å²) in [7, 11) is 4.05. The van der Waals surface area contributed by atoms with Gasteiger partial charge in [-0.15, -0.1) is 0 Å². The number of furan rings is 1. The molecule has 0 aliphatic carbocycles. The summed E-state index contributed by atoms with van der Waals surface area (Å²) < 4.78 is 5.38. The molecule has 0 radical (unpaired) electrons. The van der Waals surface area contributed by atoms with Crippen molar-refractivity contribution in [3.8, 4) is 0 Å². The zero-order valence-electron chi connectivity index (χ0n) is 10.6. The predicted molar refractivity (Wildman–Crippen MR) is 70.4 cm³/mol. The van der Waals surface area contributed by atoms with Crippen LogP contribution in [0.5, 0.6) is 0 Å². The molecule has 4 heteroatoms. The molecular formula is C13H19N3O. The normalized spacial score (nSPS) is 12.9. The van der Waals surface area contributed by atoms with Gasteiger partial charge in [-0.25, -0.2) is 4.98 Å². The van der Waals surface area contributed by atoms with Gasteiger partial charge in [0.2, 0.25) is 0 Å². The SMILES string of the molecule is CNCC(C)CN(C)c1nccc2occc12. The standard InChI is InChI=1S/C13H19N3O/c1-10(8-14-2)9-16(3)13-11-5-7-17-12(11)4-6-15-13/h4-7,10,14H,8-9H2,1-3H3. The lowest BCUT2D eigenvalue weighted by molar-refractivity contribution is 0.541. The monoisotopic (exact) mass is 233 g/mol. The van der Waals surface area contributed by atoms with Gasteiger partial charge in [-0.1, -0.05) is 6.92 Å². The van der Waals surface area contributed by atoms with Gasteiger partial charge in [0.05, 0.1) is 11.6 Å². The number of fused-ring (bicyclic) bond motifs is 1. The zero-order chi connectivity index (χ0) is 12.3. The molecule has 2 heterocycles.